The minimum Gasteiger partial charge on any atom is -0.303 e. The second kappa shape index (κ2) is 12.6. The molecular formula is C26H52N2. The Balaban J connectivity index is 1.73. The van der Waals surface area contributed by atoms with Crippen molar-refractivity contribution >= 4 is 0 Å². The van der Waals surface area contributed by atoms with Gasteiger partial charge in [0.05, 0.1) is 0 Å². The Hall–Kier alpha value is -0.0800. The topological polar surface area (TPSA) is 6.48 Å². The van der Waals surface area contributed by atoms with Crippen LogP contribution in [-0.4, -0.2) is 49.1 Å². The number of unbranched alkanes of at least 4 members (excludes halogenated alkanes) is 2. The van der Waals surface area contributed by atoms with Gasteiger partial charge in [-0.1, -0.05) is 53.4 Å². The summed E-state index contributed by atoms with van der Waals surface area (Å²) in [6, 6.07) is 0. The molecule has 1 saturated heterocycles. The van der Waals surface area contributed by atoms with Crippen LogP contribution in [0.5, 0.6) is 0 Å². The zero-order chi connectivity index (χ0) is 20.3. The summed E-state index contributed by atoms with van der Waals surface area (Å²) in [6.07, 6.45) is 20.0. The van der Waals surface area contributed by atoms with Crippen molar-refractivity contribution in [3.05, 3.63) is 0 Å². The quantitative estimate of drug-likeness (QED) is 0.310. The molecule has 0 aromatic heterocycles. The van der Waals surface area contributed by atoms with E-state index >= 15 is 0 Å². The van der Waals surface area contributed by atoms with Gasteiger partial charge >= 0.3 is 0 Å². The van der Waals surface area contributed by atoms with Crippen LogP contribution in [0.1, 0.15) is 118 Å². The van der Waals surface area contributed by atoms with Crippen LogP contribution in [0.3, 0.4) is 0 Å². The predicted octanol–water partition coefficient (Wildman–Crippen LogP) is 7.13. The van der Waals surface area contributed by atoms with Crippen LogP contribution < -0.4 is 0 Å². The van der Waals surface area contributed by atoms with E-state index in [-0.39, 0.29) is 0 Å². The van der Waals surface area contributed by atoms with Crippen molar-refractivity contribution in [1.29, 1.82) is 0 Å². The highest BCUT2D eigenvalue weighted by atomic mass is 15.2. The summed E-state index contributed by atoms with van der Waals surface area (Å²) in [5, 5.41) is 0. The molecule has 2 heteroatoms. The van der Waals surface area contributed by atoms with E-state index in [1.54, 1.807) is 0 Å². The lowest BCUT2D eigenvalue weighted by Gasteiger charge is -2.45. The van der Waals surface area contributed by atoms with Crippen molar-refractivity contribution in [2.45, 2.75) is 118 Å². The fourth-order valence-corrected chi connectivity index (χ4v) is 6.24. The molecule has 0 aromatic carbocycles. The molecule has 1 saturated carbocycles. The van der Waals surface area contributed by atoms with E-state index < -0.39 is 0 Å². The highest BCUT2D eigenvalue weighted by Crippen LogP contribution is 2.53. The molecule has 2 nitrogen and oxygen atoms in total. The summed E-state index contributed by atoms with van der Waals surface area (Å²) in [5.41, 5.74) is 1.40. The summed E-state index contributed by atoms with van der Waals surface area (Å²) in [6.45, 7) is 17.5. The Labute approximate surface area is 177 Å². The van der Waals surface area contributed by atoms with Gasteiger partial charge in [-0.15, -0.1) is 0 Å². The van der Waals surface area contributed by atoms with Gasteiger partial charge in [0.25, 0.3) is 0 Å². The Kier molecular flexibility index (Phi) is 10.9. The van der Waals surface area contributed by atoms with Crippen molar-refractivity contribution in [2.24, 2.45) is 10.8 Å². The van der Waals surface area contributed by atoms with E-state index in [0.717, 1.165) is 0 Å². The first-order valence-corrected chi connectivity index (χ1v) is 13.1. The zero-order valence-electron chi connectivity index (χ0n) is 20.0. The fourth-order valence-electron chi connectivity index (χ4n) is 6.24. The predicted molar refractivity (Wildman–Crippen MR) is 125 cm³/mol. The van der Waals surface area contributed by atoms with Gasteiger partial charge in [0, 0.05) is 6.54 Å². The first-order chi connectivity index (χ1) is 13.6. The second-order valence-electron chi connectivity index (χ2n) is 10.4. The first-order valence-electron chi connectivity index (χ1n) is 13.1. The Morgan fingerprint density at radius 3 is 1.79 bits per heavy atom. The standard InChI is InChI=1S/C26H52N2/c1-5-9-19-27(20-10-6-2)21-11-22-28-23-18-26(24-28)16-14-25(12-7-3,13-8-4)15-17-26/h5-24H2,1-4H3. The van der Waals surface area contributed by atoms with Crippen molar-refractivity contribution in [2.75, 3.05) is 39.3 Å². The van der Waals surface area contributed by atoms with Crippen LogP contribution in [0.25, 0.3) is 0 Å². The van der Waals surface area contributed by atoms with Gasteiger partial charge in [-0.05, 0) is 108 Å². The van der Waals surface area contributed by atoms with Crippen LogP contribution in [0.15, 0.2) is 0 Å². The van der Waals surface area contributed by atoms with E-state index in [1.165, 1.54) is 129 Å². The molecule has 2 rings (SSSR count). The Morgan fingerprint density at radius 1 is 0.679 bits per heavy atom. The number of rotatable bonds is 14. The summed E-state index contributed by atoms with van der Waals surface area (Å²) < 4.78 is 0. The van der Waals surface area contributed by atoms with E-state index in [2.05, 4.69) is 37.5 Å². The smallest absolute Gasteiger partial charge is 0.00385 e. The molecule has 0 N–H and O–H groups in total. The Bertz CT molecular complexity index is 381. The summed E-state index contributed by atoms with van der Waals surface area (Å²) in [4.78, 5) is 5.56. The van der Waals surface area contributed by atoms with Crippen molar-refractivity contribution in [3.63, 3.8) is 0 Å². The molecule has 2 fully saturated rings. The van der Waals surface area contributed by atoms with Crippen LogP contribution in [0, 0.1) is 10.8 Å². The fraction of sp³-hybridized carbons (Fsp3) is 1.00. The van der Waals surface area contributed by atoms with Gasteiger partial charge in [0.2, 0.25) is 0 Å². The summed E-state index contributed by atoms with van der Waals surface area (Å²) >= 11 is 0. The third-order valence-corrected chi connectivity index (χ3v) is 8.05. The molecule has 0 radical (unpaired) electrons. The number of hydrogen-bond donors (Lipinski definition) is 0. The van der Waals surface area contributed by atoms with E-state index in [0.29, 0.717) is 10.8 Å². The number of likely N-dealkylation sites (tertiary alicyclic amines) is 1. The molecule has 0 aromatic rings. The molecular weight excluding hydrogens is 340 g/mol. The van der Waals surface area contributed by atoms with E-state index in [1.807, 2.05) is 0 Å². The van der Waals surface area contributed by atoms with Crippen molar-refractivity contribution in [1.82, 2.24) is 9.80 Å². The summed E-state index contributed by atoms with van der Waals surface area (Å²) in [7, 11) is 0. The number of nitrogens with zero attached hydrogens (tertiary/aromatic N) is 2. The maximum atomic E-state index is 2.82. The van der Waals surface area contributed by atoms with Gasteiger partial charge in [0.15, 0.2) is 0 Å². The average Bonchev–Trinajstić information content (AvgIpc) is 3.09. The maximum Gasteiger partial charge on any atom is 0.00385 e. The molecule has 166 valence electrons. The van der Waals surface area contributed by atoms with Gasteiger partial charge in [-0.3, -0.25) is 0 Å². The highest BCUT2D eigenvalue weighted by molar-refractivity contribution is 4.97. The molecule has 0 atom stereocenters. The molecule has 1 heterocycles. The van der Waals surface area contributed by atoms with Gasteiger partial charge in [-0.25, -0.2) is 0 Å². The molecule has 1 spiro atoms. The van der Waals surface area contributed by atoms with Crippen LogP contribution >= 0.6 is 0 Å². The minimum atomic E-state index is 0.690. The lowest BCUT2D eigenvalue weighted by Crippen LogP contribution is -2.37. The molecule has 0 bridgehead atoms. The van der Waals surface area contributed by atoms with Crippen molar-refractivity contribution in [3.8, 4) is 0 Å². The van der Waals surface area contributed by atoms with Gasteiger partial charge < -0.3 is 9.80 Å². The molecule has 1 aliphatic heterocycles. The molecule has 28 heavy (non-hydrogen) atoms. The van der Waals surface area contributed by atoms with Gasteiger partial charge in [-0.2, -0.15) is 0 Å². The highest BCUT2D eigenvalue weighted by Gasteiger charge is 2.44. The van der Waals surface area contributed by atoms with Crippen molar-refractivity contribution < 1.29 is 0 Å². The van der Waals surface area contributed by atoms with Crippen LogP contribution in [0.2, 0.25) is 0 Å². The third kappa shape index (κ3) is 7.31. The van der Waals surface area contributed by atoms with E-state index in [9.17, 15) is 0 Å². The van der Waals surface area contributed by atoms with Crippen LogP contribution in [-0.2, 0) is 0 Å². The third-order valence-electron chi connectivity index (χ3n) is 8.05. The Morgan fingerprint density at radius 2 is 1.25 bits per heavy atom. The van der Waals surface area contributed by atoms with Gasteiger partial charge in [0.1, 0.15) is 0 Å². The molecule has 0 amide bonds. The lowest BCUT2D eigenvalue weighted by molar-refractivity contribution is 0.0644. The first kappa shape index (κ1) is 24.2. The second-order valence-corrected chi connectivity index (χ2v) is 10.4. The largest absolute Gasteiger partial charge is 0.303 e. The summed E-state index contributed by atoms with van der Waals surface area (Å²) in [5.74, 6) is 0. The normalized spacial score (nSPS) is 21.8. The molecule has 0 unspecified atom stereocenters. The van der Waals surface area contributed by atoms with Crippen LogP contribution in [0.4, 0.5) is 0 Å². The monoisotopic (exact) mass is 392 g/mol. The maximum absolute atomic E-state index is 2.82. The lowest BCUT2D eigenvalue weighted by atomic mass is 9.60. The number of hydrogen-bond acceptors (Lipinski definition) is 2. The molecule has 2 aliphatic rings. The zero-order valence-corrected chi connectivity index (χ0v) is 20.0. The average molecular weight is 393 g/mol. The minimum absolute atomic E-state index is 0.690. The SMILES string of the molecule is CCCCN(CCCC)CCCN1CCC2(CCC(CCC)(CCC)CC2)C1. The van der Waals surface area contributed by atoms with E-state index in [4.69, 9.17) is 0 Å². The molecule has 1 aliphatic carbocycles.